The Morgan fingerprint density at radius 3 is 3.21 bits per heavy atom. The molecule has 0 radical (unpaired) electrons. The largest absolute Gasteiger partial charge is 0.330 e. The third kappa shape index (κ3) is 1.28. The molecule has 2 atom stereocenters. The van der Waals surface area contributed by atoms with Crippen LogP contribution < -0.4 is 11.1 Å². The van der Waals surface area contributed by atoms with Gasteiger partial charge in [0.1, 0.15) is 5.82 Å². The van der Waals surface area contributed by atoms with Crippen LogP contribution in [0.3, 0.4) is 0 Å². The van der Waals surface area contributed by atoms with E-state index in [1.807, 2.05) is 19.1 Å². The highest BCUT2D eigenvalue weighted by molar-refractivity contribution is 6.01. The minimum atomic E-state index is -0.135. The van der Waals surface area contributed by atoms with E-state index >= 15 is 0 Å². The zero-order valence-electron chi connectivity index (χ0n) is 8.03. The minimum Gasteiger partial charge on any atom is -0.330 e. The molecule has 3 N–H and O–H groups in total. The molecule has 1 aliphatic rings. The van der Waals surface area contributed by atoms with Crippen molar-refractivity contribution >= 4 is 11.7 Å². The molecule has 74 valence electrons. The predicted molar refractivity (Wildman–Crippen MR) is 53.8 cm³/mol. The fraction of sp³-hybridized carbons (Fsp3) is 0.400. The summed E-state index contributed by atoms with van der Waals surface area (Å²) >= 11 is 0. The van der Waals surface area contributed by atoms with E-state index in [0.717, 1.165) is 5.56 Å². The van der Waals surface area contributed by atoms with Crippen molar-refractivity contribution in [3.05, 3.63) is 23.9 Å². The molecule has 0 aromatic carbocycles. The summed E-state index contributed by atoms with van der Waals surface area (Å²) in [4.78, 5) is 15.7. The number of rotatable bonds is 2. The molecule has 0 aliphatic carbocycles. The Morgan fingerprint density at radius 1 is 1.71 bits per heavy atom. The number of carbonyl (C=O) groups is 1. The summed E-state index contributed by atoms with van der Waals surface area (Å²) in [6.45, 7) is 2.48. The Kier molecular flexibility index (Phi) is 2.21. The highest BCUT2D eigenvalue weighted by atomic mass is 16.2. The van der Waals surface area contributed by atoms with Gasteiger partial charge >= 0.3 is 0 Å². The molecule has 14 heavy (non-hydrogen) atoms. The fourth-order valence-electron chi connectivity index (χ4n) is 1.81. The summed E-state index contributed by atoms with van der Waals surface area (Å²) in [7, 11) is 0. The lowest BCUT2D eigenvalue weighted by Gasteiger charge is -2.14. The number of amides is 1. The van der Waals surface area contributed by atoms with E-state index in [9.17, 15) is 4.79 Å². The topological polar surface area (TPSA) is 68.0 Å². The summed E-state index contributed by atoms with van der Waals surface area (Å²) in [5.74, 6) is 0.712. The van der Waals surface area contributed by atoms with Crippen LogP contribution in [-0.4, -0.2) is 17.4 Å². The van der Waals surface area contributed by atoms with E-state index in [4.69, 9.17) is 5.73 Å². The van der Waals surface area contributed by atoms with E-state index in [1.165, 1.54) is 0 Å². The lowest BCUT2D eigenvalue weighted by Crippen LogP contribution is -2.24. The van der Waals surface area contributed by atoms with Crippen LogP contribution in [0.25, 0.3) is 0 Å². The quantitative estimate of drug-likeness (QED) is 0.723. The zero-order chi connectivity index (χ0) is 10.1. The molecule has 4 heteroatoms. The van der Waals surface area contributed by atoms with Crippen LogP contribution in [0.4, 0.5) is 5.82 Å². The molecule has 0 spiro atoms. The van der Waals surface area contributed by atoms with Gasteiger partial charge in [-0.1, -0.05) is 13.0 Å². The standard InChI is InChI=1S/C10H13N3O/c1-6(5-11)8-7-3-2-4-12-9(7)13-10(8)14/h2-4,6,8H,5,11H2,1H3,(H,12,13,14)/t6-,8-/m1/s1. The molecule has 2 heterocycles. The molecule has 1 aromatic rings. The summed E-state index contributed by atoms with van der Waals surface area (Å²) in [6.07, 6.45) is 1.68. The SMILES string of the molecule is C[C@H](CN)[C@H]1C(=O)Nc2ncccc21. The lowest BCUT2D eigenvalue weighted by atomic mass is 9.89. The summed E-state index contributed by atoms with van der Waals surface area (Å²) in [5, 5.41) is 2.76. The van der Waals surface area contributed by atoms with E-state index in [-0.39, 0.29) is 17.7 Å². The Bertz CT molecular complexity index is 364. The molecule has 0 saturated carbocycles. The molecule has 4 nitrogen and oxygen atoms in total. The number of nitrogens with one attached hydrogen (secondary N) is 1. The minimum absolute atomic E-state index is 0.0108. The smallest absolute Gasteiger partial charge is 0.233 e. The Hall–Kier alpha value is -1.42. The molecule has 0 unspecified atom stereocenters. The van der Waals surface area contributed by atoms with Crippen molar-refractivity contribution in [2.24, 2.45) is 11.7 Å². The Morgan fingerprint density at radius 2 is 2.50 bits per heavy atom. The highest BCUT2D eigenvalue weighted by Crippen LogP contribution is 2.34. The number of hydrogen-bond acceptors (Lipinski definition) is 3. The second kappa shape index (κ2) is 3.38. The normalized spacial score (nSPS) is 21.6. The molecule has 1 amide bonds. The van der Waals surface area contributed by atoms with Gasteiger partial charge in [-0.05, 0) is 18.5 Å². The number of fused-ring (bicyclic) bond motifs is 1. The third-order valence-electron chi connectivity index (χ3n) is 2.64. The van der Waals surface area contributed by atoms with Gasteiger partial charge in [0.05, 0.1) is 5.92 Å². The number of anilines is 1. The van der Waals surface area contributed by atoms with Gasteiger partial charge in [-0.3, -0.25) is 4.79 Å². The first-order valence-corrected chi connectivity index (χ1v) is 4.70. The van der Waals surface area contributed by atoms with E-state index in [2.05, 4.69) is 10.3 Å². The van der Waals surface area contributed by atoms with Crippen molar-refractivity contribution in [2.75, 3.05) is 11.9 Å². The average molecular weight is 191 g/mol. The number of nitrogens with two attached hydrogens (primary N) is 1. The summed E-state index contributed by atoms with van der Waals surface area (Å²) < 4.78 is 0. The number of carbonyl (C=O) groups excluding carboxylic acids is 1. The van der Waals surface area contributed by atoms with Crippen LogP contribution in [-0.2, 0) is 4.79 Å². The Balaban J connectivity index is 2.39. The van der Waals surface area contributed by atoms with Gasteiger partial charge < -0.3 is 11.1 Å². The maximum absolute atomic E-state index is 11.6. The van der Waals surface area contributed by atoms with Gasteiger partial charge in [0.15, 0.2) is 0 Å². The Labute approximate surface area is 82.5 Å². The lowest BCUT2D eigenvalue weighted by molar-refractivity contribution is -0.117. The first-order valence-electron chi connectivity index (χ1n) is 4.70. The van der Waals surface area contributed by atoms with Crippen LogP contribution in [0.15, 0.2) is 18.3 Å². The van der Waals surface area contributed by atoms with Crippen molar-refractivity contribution in [3.63, 3.8) is 0 Å². The van der Waals surface area contributed by atoms with Crippen LogP contribution in [0, 0.1) is 5.92 Å². The monoisotopic (exact) mass is 191 g/mol. The second-order valence-electron chi connectivity index (χ2n) is 3.62. The molecular weight excluding hydrogens is 178 g/mol. The van der Waals surface area contributed by atoms with Crippen molar-refractivity contribution in [1.29, 1.82) is 0 Å². The van der Waals surface area contributed by atoms with Crippen LogP contribution >= 0.6 is 0 Å². The summed E-state index contributed by atoms with van der Waals surface area (Å²) in [5.41, 5.74) is 6.54. The van der Waals surface area contributed by atoms with E-state index in [1.54, 1.807) is 6.20 Å². The van der Waals surface area contributed by atoms with Crippen molar-refractivity contribution in [2.45, 2.75) is 12.8 Å². The molecule has 2 rings (SSSR count). The first-order chi connectivity index (χ1) is 6.74. The highest BCUT2D eigenvalue weighted by Gasteiger charge is 2.34. The van der Waals surface area contributed by atoms with Crippen LogP contribution in [0.5, 0.6) is 0 Å². The number of nitrogens with zero attached hydrogens (tertiary/aromatic N) is 1. The van der Waals surface area contributed by atoms with Gasteiger partial charge in [0.2, 0.25) is 5.91 Å². The first kappa shape index (κ1) is 9.15. The average Bonchev–Trinajstić information content (AvgIpc) is 2.53. The van der Waals surface area contributed by atoms with Crippen molar-refractivity contribution < 1.29 is 4.79 Å². The molecule has 1 aliphatic heterocycles. The molecule has 0 saturated heterocycles. The number of hydrogen-bond donors (Lipinski definition) is 2. The summed E-state index contributed by atoms with van der Waals surface area (Å²) in [6, 6.07) is 3.77. The third-order valence-corrected chi connectivity index (χ3v) is 2.64. The van der Waals surface area contributed by atoms with Gasteiger partial charge in [0.25, 0.3) is 0 Å². The van der Waals surface area contributed by atoms with Crippen LogP contribution in [0.2, 0.25) is 0 Å². The van der Waals surface area contributed by atoms with Gasteiger partial charge in [-0.2, -0.15) is 0 Å². The van der Waals surface area contributed by atoms with E-state index < -0.39 is 0 Å². The predicted octanol–water partition coefficient (Wildman–Crippen LogP) is 0.712. The van der Waals surface area contributed by atoms with Crippen LogP contribution in [0.1, 0.15) is 18.4 Å². The van der Waals surface area contributed by atoms with Gasteiger partial charge in [-0.25, -0.2) is 4.98 Å². The molecular formula is C10H13N3O. The molecule has 1 aromatic heterocycles. The zero-order valence-corrected chi connectivity index (χ0v) is 8.03. The maximum Gasteiger partial charge on any atom is 0.233 e. The fourth-order valence-corrected chi connectivity index (χ4v) is 1.81. The maximum atomic E-state index is 11.6. The van der Waals surface area contributed by atoms with Crippen molar-refractivity contribution in [3.8, 4) is 0 Å². The molecule has 0 bridgehead atoms. The van der Waals surface area contributed by atoms with E-state index in [0.29, 0.717) is 12.4 Å². The van der Waals surface area contributed by atoms with Gasteiger partial charge in [-0.15, -0.1) is 0 Å². The number of aromatic nitrogens is 1. The van der Waals surface area contributed by atoms with Gasteiger partial charge in [0, 0.05) is 11.8 Å². The second-order valence-corrected chi connectivity index (χ2v) is 3.62. The van der Waals surface area contributed by atoms with Crippen molar-refractivity contribution in [1.82, 2.24) is 4.98 Å². The number of pyridine rings is 1. The molecule has 0 fully saturated rings.